The van der Waals surface area contributed by atoms with Crippen molar-refractivity contribution >= 4 is 11.6 Å². The fourth-order valence-corrected chi connectivity index (χ4v) is 5.66. The number of nitrogens with one attached hydrogen (secondary N) is 1. The first kappa shape index (κ1) is 16.1. The Morgan fingerprint density at radius 2 is 1.74 bits per heavy atom. The van der Waals surface area contributed by atoms with Crippen molar-refractivity contribution in [2.24, 2.45) is 5.41 Å². The number of nitriles is 2. The lowest BCUT2D eigenvalue weighted by atomic mass is 9.57. The maximum absolute atomic E-state index is 13.6. The number of rotatable bonds is 1. The zero-order chi connectivity index (χ0) is 18.6. The quantitative estimate of drug-likeness (QED) is 0.853. The number of carbonyl (C=O) groups is 1. The molecule has 3 atom stereocenters. The molecule has 5 nitrogen and oxygen atoms in total. The molecule has 0 aromatic heterocycles. The Bertz CT molecular complexity index is 1000. The van der Waals surface area contributed by atoms with Gasteiger partial charge in [0.1, 0.15) is 5.41 Å². The van der Waals surface area contributed by atoms with E-state index in [-0.39, 0.29) is 18.0 Å². The fourth-order valence-electron chi connectivity index (χ4n) is 5.66. The van der Waals surface area contributed by atoms with Crippen molar-refractivity contribution in [2.45, 2.75) is 30.3 Å². The monoisotopic (exact) mass is 354 g/mol. The van der Waals surface area contributed by atoms with Crippen molar-refractivity contribution in [1.29, 1.82) is 10.5 Å². The summed E-state index contributed by atoms with van der Waals surface area (Å²) in [5.74, 6) is -0.241. The van der Waals surface area contributed by atoms with Crippen LogP contribution in [-0.4, -0.2) is 23.4 Å². The SMILES string of the molecule is N#CC1(C#N)C2CCCN2[C@@H](c2ccccc2)[C@@]12C(=O)Nc1ccccc12. The molecular weight excluding hydrogens is 336 g/mol. The van der Waals surface area contributed by atoms with E-state index >= 15 is 0 Å². The maximum atomic E-state index is 13.6. The van der Waals surface area contributed by atoms with Crippen LogP contribution in [0.1, 0.15) is 30.0 Å². The summed E-state index contributed by atoms with van der Waals surface area (Å²) in [6, 6.07) is 21.4. The van der Waals surface area contributed by atoms with Crippen LogP contribution in [0, 0.1) is 28.1 Å². The Kier molecular flexibility index (Phi) is 3.22. The molecule has 2 saturated heterocycles. The number of benzene rings is 2. The minimum absolute atomic E-state index is 0.241. The highest BCUT2D eigenvalue weighted by atomic mass is 16.2. The van der Waals surface area contributed by atoms with Gasteiger partial charge in [-0.15, -0.1) is 0 Å². The van der Waals surface area contributed by atoms with Crippen LogP contribution in [0.5, 0.6) is 0 Å². The third-order valence-corrected chi connectivity index (χ3v) is 6.58. The van der Waals surface area contributed by atoms with Crippen LogP contribution in [0.3, 0.4) is 0 Å². The molecule has 0 aliphatic carbocycles. The topological polar surface area (TPSA) is 79.9 Å². The molecule has 2 aromatic carbocycles. The van der Waals surface area contributed by atoms with Crippen molar-refractivity contribution in [3.63, 3.8) is 0 Å². The summed E-state index contributed by atoms with van der Waals surface area (Å²) in [6.45, 7) is 0.784. The average molecular weight is 354 g/mol. The number of nitrogens with zero attached hydrogens (tertiary/aromatic N) is 3. The van der Waals surface area contributed by atoms with E-state index in [0.717, 1.165) is 30.5 Å². The van der Waals surface area contributed by atoms with Crippen molar-refractivity contribution in [3.05, 3.63) is 65.7 Å². The third-order valence-electron chi connectivity index (χ3n) is 6.58. The molecule has 5 rings (SSSR count). The second-order valence-electron chi connectivity index (χ2n) is 7.55. The normalized spacial score (nSPS) is 30.4. The zero-order valence-electron chi connectivity index (χ0n) is 14.7. The van der Waals surface area contributed by atoms with E-state index in [1.54, 1.807) is 0 Å². The summed E-state index contributed by atoms with van der Waals surface area (Å²) < 4.78 is 0. The van der Waals surface area contributed by atoms with Crippen LogP contribution >= 0.6 is 0 Å². The second-order valence-corrected chi connectivity index (χ2v) is 7.55. The van der Waals surface area contributed by atoms with E-state index < -0.39 is 10.8 Å². The first-order chi connectivity index (χ1) is 13.2. The highest BCUT2D eigenvalue weighted by molar-refractivity contribution is 6.09. The molecule has 5 heteroatoms. The van der Waals surface area contributed by atoms with Gasteiger partial charge in [-0.1, -0.05) is 48.5 Å². The largest absolute Gasteiger partial charge is 0.325 e. The highest BCUT2D eigenvalue weighted by Gasteiger charge is 2.76. The van der Waals surface area contributed by atoms with E-state index in [4.69, 9.17) is 0 Å². The van der Waals surface area contributed by atoms with Crippen molar-refractivity contribution in [1.82, 2.24) is 4.90 Å². The van der Waals surface area contributed by atoms with Crippen molar-refractivity contribution < 1.29 is 4.79 Å². The Hall–Kier alpha value is -3.15. The van der Waals surface area contributed by atoms with Gasteiger partial charge in [-0.2, -0.15) is 10.5 Å². The van der Waals surface area contributed by atoms with Crippen LogP contribution in [0.2, 0.25) is 0 Å². The molecule has 0 bridgehead atoms. The predicted octanol–water partition coefficient (Wildman–Crippen LogP) is 3.13. The number of hydrogen-bond acceptors (Lipinski definition) is 4. The minimum Gasteiger partial charge on any atom is -0.325 e. The summed E-state index contributed by atoms with van der Waals surface area (Å²) in [4.78, 5) is 15.8. The standard InChI is InChI=1S/C22H18N4O/c23-13-21(14-24)18-11-6-12-26(18)19(15-7-2-1-3-8-15)22(21)16-9-4-5-10-17(16)25-20(22)27/h1-5,7-10,18-19H,6,11-12H2,(H,25,27)/t18?,19-,22-/m0/s1. The predicted molar refractivity (Wildman–Crippen MR) is 99.3 cm³/mol. The number of carbonyl (C=O) groups excluding carboxylic acids is 1. The number of hydrogen-bond donors (Lipinski definition) is 1. The first-order valence-corrected chi connectivity index (χ1v) is 9.25. The maximum Gasteiger partial charge on any atom is 0.239 e. The molecule has 3 aliphatic heterocycles. The lowest BCUT2D eigenvalue weighted by Gasteiger charge is -2.37. The number of fused-ring (bicyclic) bond motifs is 3. The molecule has 0 radical (unpaired) electrons. The van der Waals surface area contributed by atoms with Crippen LogP contribution in [-0.2, 0) is 10.2 Å². The van der Waals surface area contributed by atoms with Gasteiger partial charge < -0.3 is 5.32 Å². The summed E-state index contributed by atoms with van der Waals surface area (Å²) in [5, 5.41) is 23.6. The molecule has 1 spiro atoms. The van der Waals surface area contributed by atoms with E-state index in [0.29, 0.717) is 5.69 Å². The lowest BCUT2D eigenvalue weighted by Crippen LogP contribution is -2.51. The summed E-state index contributed by atoms with van der Waals surface area (Å²) in [6.07, 6.45) is 1.68. The van der Waals surface area contributed by atoms with Crippen molar-refractivity contribution in [2.75, 3.05) is 11.9 Å². The van der Waals surface area contributed by atoms with Crippen LogP contribution in [0.15, 0.2) is 54.6 Å². The molecule has 1 unspecified atom stereocenters. The van der Waals surface area contributed by atoms with Gasteiger partial charge in [-0.25, -0.2) is 0 Å². The first-order valence-electron chi connectivity index (χ1n) is 9.25. The number of anilines is 1. The van der Waals surface area contributed by atoms with Gasteiger partial charge in [0.05, 0.1) is 18.2 Å². The molecule has 132 valence electrons. The number of amides is 1. The van der Waals surface area contributed by atoms with E-state index in [9.17, 15) is 15.3 Å². The van der Waals surface area contributed by atoms with Crippen LogP contribution in [0.4, 0.5) is 5.69 Å². The average Bonchev–Trinajstić information content (AvgIpc) is 3.35. The fraction of sp³-hybridized carbons (Fsp3) is 0.318. The summed E-state index contributed by atoms with van der Waals surface area (Å²) in [5.41, 5.74) is -0.218. The Morgan fingerprint density at radius 3 is 2.48 bits per heavy atom. The van der Waals surface area contributed by atoms with E-state index in [2.05, 4.69) is 22.4 Å². The zero-order valence-corrected chi connectivity index (χ0v) is 14.7. The molecular formula is C22H18N4O. The Morgan fingerprint density at radius 1 is 1.04 bits per heavy atom. The molecule has 2 aromatic rings. The third kappa shape index (κ3) is 1.68. The van der Waals surface area contributed by atoms with Crippen LogP contribution < -0.4 is 5.32 Å². The van der Waals surface area contributed by atoms with Gasteiger partial charge in [0.2, 0.25) is 5.91 Å². The van der Waals surface area contributed by atoms with E-state index in [1.165, 1.54) is 0 Å². The summed E-state index contributed by atoms with van der Waals surface area (Å²) >= 11 is 0. The molecule has 0 saturated carbocycles. The second kappa shape index (κ2) is 5.42. The van der Waals surface area contributed by atoms with Gasteiger partial charge in [-0.05, 0) is 36.6 Å². The number of para-hydroxylation sites is 1. The highest BCUT2D eigenvalue weighted by Crippen LogP contribution is 2.66. The van der Waals surface area contributed by atoms with Gasteiger partial charge in [0.15, 0.2) is 5.41 Å². The lowest BCUT2D eigenvalue weighted by molar-refractivity contribution is -0.123. The molecule has 1 amide bonds. The Balaban J connectivity index is 1.89. The molecule has 1 N–H and O–H groups in total. The smallest absolute Gasteiger partial charge is 0.239 e. The molecule has 3 heterocycles. The molecule has 27 heavy (non-hydrogen) atoms. The summed E-state index contributed by atoms with van der Waals surface area (Å²) in [7, 11) is 0. The van der Waals surface area contributed by atoms with Gasteiger partial charge in [0, 0.05) is 11.7 Å². The molecule has 3 aliphatic rings. The van der Waals surface area contributed by atoms with Gasteiger partial charge >= 0.3 is 0 Å². The van der Waals surface area contributed by atoms with Crippen molar-refractivity contribution in [3.8, 4) is 12.1 Å². The van der Waals surface area contributed by atoms with Crippen LogP contribution in [0.25, 0.3) is 0 Å². The minimum atomic E-state index is -1.43. The van der Waals surface area contributed by atoms with E-state index in [1.807, 2.05) is 54.6 Å². The van der Waals surface area contributed by atoms with Gasteiger partial charge in [-0.3, -0.25) is 9.69 Å². The van der Waals surface area contributed by atoms with Gasteiger partial charge in [0.25, 0.3) is 0 Å². The molecule has 2 fully saturated rings. The Labute approximate surface area is 157 Å².